The van der Waals surface area contributed by atoms with E-state index in [4.69, 9.17) is 0 Å². The molecule has 2 N–H and O–H groups in total. The smallest absolute Gasteiger partial charge is 0.258 e. The van der Waals surface area contributed by atoms with E-state index >= 15 is 0 Å². The van der Waals surface area contributed by atoms with Crippen LogP contribution in [0.5, 0.6) is 0 Å². The Labute approximate surface area is 101 Å². The molecule has 1 aromatic carbocycles. The molecule has 2 heterocycles. The second kappa shape index (κ2) is 3.49. The fourth-order valence-electron chi connectivity index (χ4n) is 2.01. The second-order valence-corrected chi connectivity index (χ2v) is 4.19. The van der Waals surface area contributed by atoms with Crippen LogP contribution < -0.4 is 11.1 Å². The normalized spacial score (nSPS) is 11.2. The van der Waals surface area contributed by atoms with Crippen LogP contribution in [0.4, 0.5) is 0 Å². The molecule has 0 aliphatic heterocycles. The van der Waals surface area contributed by atoms with E-state index < -0.39 is 0 Å². The average molecular weight is 242 g/mol. The quantitative estimate of drug-likeness (QED) is 0.570. The van der Waals surface area contributed by atoms with Gasteiger partial charge >= 0.3 is 0 Å². The van der Waals surface area contributed by atoms with E-state index in [0.717, 1.165) is 0 Å². The van der Waals surface area contributed by atoms with Gasteiger partial charge in [-0.15, -0.1) is 0 Å². The van der Waals surface area contributed by atoms with Crippen LogP contribution in [-0.4, -0.2) is 19.9 Å². The van der Waals surface area contributed by atoms with Gasteiger partial charge in [0.05, 0.1) is 21.8 Å². The Morgan fingerprint density at radius 1 is 0.833 bits per heavy atom. The van der Waals surface area contributed by atoms with E-state index in [-0.39, 0.29) is 11.1 Å². The van der Waals surface area contributed by atoms with Crippen LogP contribution in [0, 0.1) is 13.8 Å². The minimum absolute atomic E-state index is 0.223. The number of fused-ring (bicyclic) bond motifs is 2. The van der Waals surface area contributed by atoms with Crippen LogP contribution >= 0.6 is 0 Å². The molecule has 0 amide bonds. The Hall–Kier alpha value is -2.50. The van der Waals surface area contributed by atoms with Gasteiger partial charge in [0.15, 0.2) is 0 Å². The van der Waals surface area contributed by atoms with E-state index in [0.29, 0.717) is 33.5 Å². The molecule has 0 radical (unpaired) electrons. The number of hydrogen-bond donors (Lipinski definition) is 2. The Balaban J connectivity index is 2.59. The number of H-pyrrole nitrogens is 2. The van der Waals surface area contributed by atoms with Crippen molar-refractivity contribution >= 4 is 21.8 Å². The molecular formula is C12H10N4O2. The predicted octanol–water partition coefficient (Wildman–Crippen LogP) is 0.776. The minimum Gasteiger partial charge on any atom is -0.310 e. The molecule has 0 atom stereocenters. The Morgan fingerprint density at radius 2 is 1.22 bits per heavy atom. The minimum atomic E-state index is -0.223. The zero-order valence-corrected chi connectivity index (χ0v) is 9.87. The zero-order valence-electron chi connectivity index (χ0n) is 9.87. The summed E-state index contributed by atoms with van der Waals surface area (Å²) in [4.78, 5) is 37.3. The summed E-state index contributed by atoms with van der Waals surface area (Å²) in [6.45, 7) is 3.39. The highest BCUT2D eigenvalue weighted by Gasteiger charge is 2.07. The van der Waals surface area contributed by atoms with Gasteiger partial charge in [0.2, 0.25) is 0 Å². The molecule has 6 heteroatoms. The summed E-state index contributed by atoms with van der Waals surface area (Å²) in [5.74, 6) is 1.03. The summed E-state index contributed by atoms with van der Waals surface area (Å²) < 4.78 is 0. The van der Waals surface area contributed by atoms with Crippen molar-refractivity contribution in [2.24, 2.45) is 0 Å². The van der Waals surface area contributed by atoms with Gasteiger partial charge in [-0.05, 0) is 26.0 Å². The first-order valence-electron chi connectivity index (χ1n) is 5.46. The van der Waals surface area contributed by atoms with Gasteiger partial charge in [-0.2, -0.15) is 0 Å². The second-order valence-electron chi connectivity index (χ2n) is 4.19. The van der Waals surface area contributed by atoms with Gasteiger partial charge in [0.25, 0.3) is 11.1 Å². The van der Waals surface area contributed by atoms with Crippen molar-refractivity contribution in [1.29, 1.82) is 0 Å². The highest BCUT2D eigenvalue weighted by atomic mass is 16.1. The maximum Gasteiger partial charge on any atom is 0.258 e. The zero-order chi connectivity index (χ0) is 12.9. The molecule has 0 spiro atoms. The molecule has 0 saturated heterocycles. The number of nitrogens with zero attached hydrogens (tertiary/aromatic N) is 2. The first-order valence-corrected chi connectivity index (χ1v) is 5.46. The van der Waals surface area contributed by atoms with Crippen LogP contribution in [0.3, 0.4) is 0 Å². The lowest BCUT2D eigenvalue weighted by molar-refractivity contribution is 1.05. The van der Waals surface area contributed by atoms with Crippen LogP contribution in [0.2, 0.25) is 0 Å². The molecule has 6 nitrogen and oxygen atoms in total. The highest BCUT2D eigenvalue weighted by Crippen LogP contribution is 2.14. The van der Waals surface area contributed by atoms with E-state index in [1.165, 1.54) is 0 Å². The number of nitrogens with one attached hydrogen (secondary N) is 2. The Bertz CT molecular complexity index is 817. The molecule has 90 valence electrons. The van der Waals surface area contributed by atoms with E-state index in [1.807, 2.05) is 0 Å². The standard InChI is InChI=1S/C12H10N4O2/c1-5-13-9-3-8-10(4-7(9)11(17)15-5)14-6(2)16-12(8)18/h3-4H,1-2H3,(H,13,15,17)(H,14,16,18). The molecule has 0 bridgehead atoms. The van der Waals surface area contributed by atoms with Crippen molar-refractivity contribution in [2.75, 3.05) is 0 Å². The average Bonchev–Trinajstić information content (AvgIpc) is 2.27. The lowest BCUT2D eigenvalue weighted by Crippen LogP contribution is -2.13. The van der Waals surface area contributed by atoms with Crippen molar-refractivity contribution < 1.29 is 0 Å². The molecule has 0 saturated carbocycles. The molecular weight excluding hydrogens is 232 g/mol. The molecule has 0 fully saturated rings. The van der Waals surface area contributed by atoms with Crippen molar-refractivity contribution in [3.05, 3.63) is 44.5 Å². The summed E-state index contributed by atoms with van der Waals surface area (Å²) in [5, 5.41) is 0.871. The van der Waals surface area contributed by atoms with Gasteiger partial charge in [-0.3, -0.25) is 9.59 Å². The monoisotopic (exact) mass is 242 g/mol. The lowest BCUT2D eigenvalue weighted by atomic mass is 10.1. The maximum absolute atomic E-state index is 11.8. The number of aryl methyl sites for hydroxylation is 2. The van der Waals surface area contributed by atoms with Crippen molar-refractivity contribution in [1.82, 2.24) is 19.9 Å². The topological polar surface area (TPSA) is 91.5 Å². The first kappa shape index (κ1) is 10.6. The van der Waals surface area contributed by atoms with Crippen molar-refractivity contribution in [2.45, 2.75) is 13.8 Å². The summed E-state index contributed by atoms with van der Waals surface area (Å²) in [6, 6.07) is 3.19. The number of benzene rings is 1. The summed E-state index contributed by atoms with van der Waals surface area (Å²) in [7, 11) is 0. The van der Waals surface area contributed by atoms with Gasteiger partial charge in [-0.25, -0.2) is 9.97 Å². The summed E-state index contributed by atoms with van der Waals surface area (Å²) in [5.41, 5.74) is 0.554. The third-order valence-corrected chi connectivity index (χ3v) is 2.77. The van der Waals surface area contributed by atoms with Gasteiger partial charge in [0.1, 0.15) is 11.6 Å². The number of rotatable bonds is 0. The SMILES string of the molecule is Cc1nc2cc3c(=O)[nH]c(C)nc3cc2c(=O)[nH]1. The van der Waals surface area contributed by atoms with Crippen molar-refractivity contribution in [3.8, 4) is 0 Å². The maximum atomic E-state index is 11.8. The van der Waals surface area contributed by atoms with Gasteiger partial charge in [-0.1, -0.05) is 0 Å². The molecule has 2 aromatic heterocycles. The molecule has 3 aromatic rings. The number of aromatic nitrogens is 4. The van der Waals surface area contributed by atoms with Crippen LogP contribution in [0.15, 0.2) is 21.7 Å². The fraction of sp³-hybridized carbons (Fsp3) is 0.167. The fourth-order valence-corrected chi connectivity index (χ4v) is 2.01. The van der Waals surface area contributed by atoms with Gasteiger partial charge < -0.3 is 9.97 Å². The van der Waals surface area contributed by atoms with Crippen molar-refractivity contribution in [3.63, 3.8) is 0 Å². The molecule has 0 aliphatic rings. The molecule has 3 rings (SSSR count). The summed E-state index contributed by atoms with van der Waals surface area (Å²) >= 11 is 0. The van der Waals surface area contributed by atoms with Gasteiger partial charge in [0, 0.05) is 0 Å². The lowest BCUT2D eigenvalue weighted by Gasteiger charge is -2.02. The number of aromatic amines is 2. The summed E-state index contributed by atoms with van der Waals surface area (Å²) in [6.07, 6.45) is 0. The predicted molar refractivity (Wildman–Crippen MR) is 67.8 cm³/mol. The number of hydrogen-bond acceptors (Lipinski definition) is 4. The third kappa shape index (κ3) is 1.50. The first-order chi connectivity index (χ1) is 8.54. The molecule has 0 aliphatic carbocycles. The molecule has 0 unspecified atom stereocenters. The van der Waals surface area contributed by atoms with Crippen LogP contribution in [0.25, 0.3) is 21.8 Å². The largest absolute Gasteiger partial charge is 0.310 e. The van der Waals surface area contributed by atoms with E-state index in [2.05, 4.69) is 19.9 Å². The van der Waals surface area contributed by atoms with E-state index in [9.17, 15) is 9.59 Å². The Morgan fingerprint density at radius 3 is 1.61 bits per heavy atom. The Kier molecular flexibility index (Phi) is 2.07. The molecule has 18 heavy (non-hydrogen) atoms. The highest BCUT2D eigenvalue weighted by molar-refractivity contribution is 5.93. The van der Waals surface area contributed by atoms with Crippen LogP contribution in [-0.2, 0) is 0 Å². The third-order valence-electron chi connectivity index (χ3n) is 2.77. The van der Waals surface area contributed by atoms with Crippen LogP contribution in [0.1, 0.15) is 11.6 Å². The van der Waals surface area contributed by atoms with E-state index in [1.54, 1.807) is 26.0 Å².